The average Bonchev–Trinajstić information content (AvgIpc) is 3.73. The van der Waals surface area contributed by atoms with Crippen molar-refractivity contribution in [3.63, 3.8) is 0 Å². The molecule has 0 saturated heterocycles. The van der Waals surface area contributed by atoms with Gasteiger partial charge < -0.3 is 35.6 Å². The monoisotopic (exact) mass is 1170 g/mol. The molecule has 0 unspecified atom stereocenters. The van der Waals surface area contributed by atoms with Gasteiger partial charge in [-0.25, -0.2) is 32.9 Å². The number of aryl methyl sites for hydroxylation is 2. The zero-order valence-electron chi connectivity index (χ0n) is 48.9. The summed E-state index contributed by atoms with van der Waals surface area (Å²) in [6, 6.07) is 51.2. The predicted molar refractivity (Wildman–Crippen MR) is 323 cm³/mol. The Bertz CT molecular complexity index is 3410. The molecule has 0 saturated carbocycles. The third-order valence-electron chi connectivity index (χ3n) is 10.6. The number of phenolic OH excluding ortho intramolecular Hbond substituents is 1. The Balaban J connectivity index is 0.000000395. The first-order valence-electron chi connectivity index (χ1n) is 26.7. The SMILES string of the molecule is CC.CC.CC.Cc1ccc(CNC(=O)c2cc(F)cnc2Cl)cc1.Cc1ccc(CNC(=O)c2cc(F)cnc2Oc2ccccc2)cc1.O=C(O)c1ccc(CNC(=O)c2cc(F)cnc2Oc2ccccc2)cc1.Oc1ccccc1.[H+]. The molecule has 0 spiro atoms. The summed E-state index contributed by atoms with van der Waals surface area (Å²) in [6.45, 7) is 16.8. The summed E-state index contributed by atoms with van der Waals surface area (Å²) in [6.07, 6.45) is 2.97. The summed E-state index contributed by atoms with van der Waals surface area (Å²) in [5.41, 5.74) is 5.09. The van der Waals surface area contributed by atoms with Gasteiger partial charge in [-0.05, 0) is 97.3 Å². The number of carboxylic acids is 1. The number of carboxylic acid groups (broad SMARTS) is 1. The smallest absolute Gasteiger partial charge is 0.508 e. The van der Waals surface area contributed by atoms with E-state index in [1.807, 2.05) is 122 Å². The first kappa shape index (κ1) is 68.4. The van der Waals surface area contributed by atoms with Crippen molar-refractivity contribution in [2.45, 2.75) is 75.0 Å². The molecule has 438 valence electrons. The number of pyridine rings is 3. The van der Waals surface area contributed by atoms with Gasteiger partial charge in [0.1, 0.15) is 51.0 Å². The minimum Gasteiger partial charge on any atom is -0.508 e. The molecule has 14 nitrogen and oxygen atoms in total. The fourth-order valence-corrected chi connectivity index (χ4v) is 6.75. The Morgan fingerprint density at radius 3 is 1.11 bits per heavy atom. The highest BCUT2D eigenvalue weighted by molar-refractivity contribution is 6.32. The minimum absolute atomic E-state index is 0. The maximum absolute atomic E-state index is 13.6. The minimum atomic E-state index is -1.03. The van der Waals surface area contributed by atoms with E-state index in [2.05, 4.69) is 30.9 Å². The van der Waals surface area contributed by atoms with Crippen LogP contribution in [0, 0.1) is 31.3 Å². The number of nitrogens with one attached hydrogen (secondary N) is 3. The number of benzene rings is 6. The lowest BCUT2D eigenvalue weighted by Gasteiger charge is -2.11. The third-order valence-corrected chi connectivity index (χ3v) is 10.9. The molecule has 9 aromatic rings. The van der Waals surface area contributed by atoms with E-state index < -0.39 is 41.1 Å². The van der Waals surface area contributed by atoms with Gasteiger partial charge >= 0.3 is 7.40 Å². The van der Waals surface area contributed by atoms with Crippen LogP contribution < -0.4 is 25.4 Å². The van der Waals surface area contributed by atoms with Crippen molar-refractivity contribution in [3.05, 3.63) is 273 Å². The van der Waals surface area contributed by atoms with E-state index in [4.69, 9.17) is 31.3 Å². The second-order valence-electron chi connectivity index (χ2n) is 16.7. The maximum Gasteiger partial charge on any atom is 1.00 e. The third kappa shape index (κ3) is 24.5. The van der Waals surface area contributed by atoms with Crippen LogP contribution in [0.15, 0.2) is 201 Å². The lowest BCUT2D eigenvalue weighted by atomic mass is 10.1. The van der Waals surface area contributed by atoms with Crippen molar-refractivity contribution in [3.8, 4) is 29.0 Å². The van der Waals surface area contributed by atoms with Gasteiger partial charge in [0.2, 0.25) is 11.8 Å². The molecule has 0 aliphatic carbocycles. The number of phenols is 1. The number of aromatic carboxylic acids is 1. The number of amides is 3. The van der Waals surface area contributed by atoms with Gasteiger partial charge in [0.05, 0.1) is 29.7 Å². The predicted octanol–water partition coefficient (Wildman–Crippen LogP) is 15.6. The largest absolute Gasteiger partial charge is 1.00 e. The molecule has 9 rings (SSSR count). The summed E-state index contributed by atoms with van der Waals surface area (Å²) >= 11 is 5.76. The van der Waals surface area contributed by atoms with Crippen LogP contribution in [-0.2, 0) is 19.6 Å². The number of aromatic nitrogens is 3. The van der Waals surface area contributed by atoms with Gasteiger partial charge in [0, 0.05) is 19.6 Å². The molecule has 3 amide bonds. The zero-order valence-corrected chi connectivity index (χ0v) is 48.6. The summed E-state index contributed by atoms with van der Waals surface area (Å²) in [7, 11) is 0. The van der Waals surface area contributed by atoms with E-state index in [-0.39, 0.29) is 47.1 Å². The molecule has 0 aliphatic heterocycles. The number of para-hydroxylation sites is 3. The molecule has 0 atom stereocenters. The highest BCUT2D eigenvalue weighted by atomic mass is 35.5. The topological polar surface area (TPSA) is 202 Å². The summed E-state index contributed by atoms with van der Waals surface area (Å²) in [5.74, 6) is -2.97. The number of halogens is 4. The van der Waals surface area contributed by atoms with Crippen molar-refractivity contribution in [1.82, 2.24) is 30.9 Å². The number of carbonyl (C=O) groups excluding carboxylic acids is 3. The number of rotatable bonds is 14. The molecule has 0 fully saturated rings. The Morgan fingerprint density at radius 2 is 0.774 bits per heavy atom. The number of hydrogen-bond acceptors (Lipinski definition) is 10. The van der Waals surface area contributed by atoms with Gasteiger partial charge in [-0.1, -0.05) is 180 Å². The van der Waals surface area contributed by atoms with E-state index in [0.717, 1.165) is 59.0 Å². The van der Waals surface area contributed by atoms with E-state index in [1.54, 1.807) is 84.9 Å². The van der Waals surface area contributed by atoms with Crippen molar-refractivity contribution in [2.24, 2.45) is 0 Å². The summed E-state index contributed by atoms with van der Waals surface area (Å²) < 4.78 is 51.3. The molecule has 0 bridgehead atoms. The van der Waals surface area contributed by atoms with Gasteiger partial charge in [0.15, 0.2) is 0 Å². The van der Waals surface area contributed by atoms with Gasteiger partial charge in [-0.3, -0.25) is 14.4 Å². The van der Waals surface area contributed by atoms with Crippen molar-refractivity contribution < 1.29 is 53.5 Å². The van der Waals surface area contributed by atoms with Crippen LogP contribution in [0.3, 0.4) is 0 Å². The highest BCUT2D eigenvalue weighted by Gasteiger charge is 2.18. The first-order chi connectivity index (χ1) is 40.6. The van der Waals surface area contributed by atoms with Crippen molar-refractivity contribution in [2.75, 3.05) is 0 Å². The van der Waals surface area contributed by atoms with Crippen LogP contribution >= 0.6 is 11.6 Å². The molecule has 18 heteroatoms. The van der Waals surface area contributed by atoms with E-state index in [1.165, 1.54) is 12.1 Å². The standard InChI is InChI=1S/C20H15FN2O4.C20H17FN2O2.C14H12ClFN2O.C6H6O.3C2H6/c21-15-10-17(19(23-12-15)27-16-4-2-1-3-5-16)18(24)22-11-13-6-8-14(9-7-13)20(25)26;1-14-7-9-15(10-8-14)12-22-19(24)18-11-16(21)13-23-20(18)25-17-5-3-2-4-6-17;1-9-2-4-10(5-3-9)7-18-14(19)12-6-11(16)8-17-13(12)15;7-6-4-2-1-3-5-6;3*1-2/h1-10,12H,11H2,(H,22,24)(H,25,26);2-11,13H,12H2,1H3,(H,22,24);2-6,8H,7H2,1H3,(H,18,19);1-5,7H;3*1-2H3/p+1. The Morgan fingerprint density at radius 1 is 0.464 bits per heavy atom. The molecule has 6 aromatic carbocycles. The van der Waals surface area contributed by atoms with Gasteiger partial charge in [0.25, 0.3) is 17.7 Å². The summed E-state index contributed by atoms with van der Waals surface area (Å²) in [4.78, 5) is 59.0. The molecule has 3 heterocycles. The molecule has 0 aliphatic rings. The molecule has 0 radical (unpaired) electrons. The summed E-state index contributed by atoms with van der Waals surface area (Å²) in [5, 5.41) is 25.6. The van der Waals surface area contributed by atoms with Crippen LogP contribution in [0.2, 0.25) is 5.15 Å². The Kier molecular flexibility index (Phi) is 30.9. The van der Waals surface area contributed by atoms with Crippen LogP contribution in [0.4, 0.5) is 13.2 Å². The molecular weight excluding hydrogens is 1100 g/mol. The first-order valence-corrected chi connectivity index (χ1v) is 27.1. The molecule has 5 N–H and O–H groups in total. The van der Waals surface area contributed by atoms with Gasteiger partial charge in [-0.2, -0.15) is 0 Å². The van der Waals surface area contributed by atoms with Crippen LogP contribution in [0.1, 0.15) is 112 Å². The lowest BCUT2D eigenvalue weighted by molar-refractivity contribution is 0.0695. The maximum atomic E-state index is 13.6. The second-order valence-corrected chi connectivity index (χ2v) is 17.0. The van der Waals surface area contributed by atoms with Crippen LogP contribution in [0.25, 0.3) is 0 Å². The fraction of sp³-hybridized carbons (Fsp3) is 0.167. The van der Waals surface area contributed by atoms with Gasteiger partial charge in [-0.15, -0.1) is 0 Å². The Hall–Kier alpha value is -9.87. The van der Waals surface area contributed by atoms with E-state index in [9.17, 15) is 32.3 Å². The van der Waals surface area contributed by atoms with Crippen LogP contribution in [0.5, 0.6) is 29.0 Å². The Labute approximate surface area is 494 Å². The number of ether oxygens (including phenoxy) is 2. The average molecular weight is 1170 g/mol. The second kappa shape index (κ2) is 37.9. The van der Waals surface area contributed by atoms with E-state index >= 15 is 0 Å². The molecule has 84 heavy (non-hydrogen) atoms. The molecular formula is C66H69ClF3N6O8+. The quantitative estimate of drug-likeness (QED) is 0.0649. The van der Waals surface area contributed by atoms with Crippen molar-refractivity contribution in [1.29, 1.82) is 0 Å². The zero-order chi connectivity index (χ0) is 61.8. The number of hydrogen-bond donors (Lipinski definition) is 5. The van der Waals surface area contributed by atoms with Crippen molar-refractivity contribution >= 4 is 35.3 Å². The number of aromatic hydroxyl groups is 1. The number of carbonyl (C=O) groups is 4. The molecule has 3 aromatic heterocycles. The number of nitrogens with zero attached hydrogens (tertiary/aromatic N) is 3. The van der Waals surface area contributed by atoms with E-state index in [0.29, 0.717) is 35.9 Å². The highest BCUT2D eigenvalue weighted by Crippen LogP contribution is 2.25. The normalized spacial score (nSPS) is 9.62. The fourth-order valence-electron chi connectivity index (χ4n) is 6.56. The lowest BCUT2D eigenvalue weighted by Crippen LogP contribution is -2.23. The van der Waals surface area contributed by atoms with Crippen LogP contribution in [-0.4, -0.2) is 48.9 Å².